The number of rotatable bonds is 6. The number of esters is 1. The van der Waals surface area contributed by atoms with Gasteiger partial charge in [0, 0.05) is 11.1 Å². The molecule has 0 aromatic heterocycles. The van der Waals surface area contributed by atoms with E-state index in [2.05, 4.69) is 32.6 Å². The monoisotopic (exact) mass is 329 g/mol. The van der Waals surface area contributed by atoms with Gasteiger partial charge < -0.3 is 14.9 Å². The van der Waals surface area contributed by atoms with E-state index in [1.54, 1.807) is 0 Å². The van der Waals surface area contributed by atoms with E-state index >= 15 is 0 Å². The Bertz CT molecular complexity index is 438. The van der Waals surface area contributed by atoms with Crippen molar-refractivity contribution in [2.75, 3.05) is 6.61 Å². The molecule has 0 aromatic rings. The van der Waals surface area contributed by atoms with E-state index in [1.807, 2.05) is 13.8 Å². The van der Waals surface area contributed by atoms with Gasteiger partial charge in [-0.05, 0) is 54.4 Å². The lowest BCUT2D eigenvalue weighted by molar-refractivity contribution is -0.166. The van der Waals surface area contributed by atoms with E-state index in [0.29, 0.717) is 12.8 Å². The van der Waals surface area contributed by atoms with E-state index in [1.165, 1.54) is 0 Å². The zero-order valence-electron chi connectivity index (χ0n) is 15.2. The van der Waals surface area contributed by atoms with E-state index in [9.17, 15) is 14.7 Å². The van der Waals surface area contributed by atoms with Gasteiger partial charge in [-0.15, -0.1) is 0 Å². The molecular formula is C17H31NO5. The molecule has 0 atom stereocenters. The quantitative estimate of drug-likeness (QED) is 0.726. The lowest BCUT2D eigenvalue weighted by Crippen LogP contribution is -2.69. The molecule has 0 aromatic carbocycles. The maximum Gasteiger partial charge on any atom is 0.306 e. The predicted molar refractivity (Wildman–Crippen MR) is 87.1 cm³/mol. The zero-order chi connectivity index (χ0) is 18.1. The molecule has 0 bridgehead atoms. The summed E-state index contributed by atoms with van der Waals surface area (Å²) in [6.07, 6.45) is 0.646. The van der Waals surface area contributed by atoms with Gasteiger partial charge in [0.25, 0.3) is 0 Å². The number of piperidine rings is 1. The van der Waals surface area contributed by atoms with Gasteiger partial charge in [0.2, 0.25) is 0 Å². The summed E-state index contributed by atoms with van der Waals surface area (Å²) in [6.45, 7) is 12.6. The van der Waals surface area contributed by atoms with Gasteiger partial charge in [0.15, 0.2) is 0 Å². The Morgan fingerprint density at radius 2 is 1.61 bits per heavy atom. The molecule has 0 saturated carbocycles. The van der Waals surface area contributed by atoms with Crippen LogP contribution in [0, 0.1) is 0 Å². The first kappa shape index (κ1) is 19.9. The molecule has 0 unspecified atom stereocenters. The molecule has 0 radical (unpaired) electrons. The number of carboxylic acids is 1. The van der Waals surface area contributed by atoms with Crippen LogP contribution in [0.4, 0.5) is 0 Å². The third kappa shape index (κ3) is 5.18. The van der Waals surface area contributed by atoms with Gasteiger partial charge in [-0.3, -0.25) is 14.5 Å². The maximum absolute atomic E-state index is 11.7. The van der Waals surface area contributed by atoms with Crippen molar-refractivity contribution in [1.82, 2.24) is 4.90 Å². The van der Waals surface area contributed by atoms with Crippen LogP contribution in [0.25, 0.3) is 0 Å². The number of carboxylic acid groups (broad SMARTS) is 1. The van der Waals surface area contributed by atoms with Crippen LogP contribution in [-0.4, -0.2) is 56.4 Å². The van der Waals surface area contributed by atoms with Crippen molar-refractivity contribution in [3.05, 3.63) is 0 Å². The number of aliphatic hydroxyl groups excluding tert-OH is 1. The Morgan fingerprint density at radius 3 is 2.04 bits per heavy atom. The van der Waals surface area contributed by atoms with Gasteiger partial charge in [-0.25, -0.2) is 0 Å². The minimum atomic E-state index is -1.01. The average Bonchev–Trinajstić information content (AvgIpc) is 2.29. The molecule has 0 amide bonds. The standard InChI is InChI=1S/C17H31NO5/c1-15(2)9-12(19)10-16(3,4)18(15)17(5,6)11-23-14(22)8-7-13(20)21/h12,19H,7-11H2,1-6H3,(H,20,21). The number of hydrogen-bond acceptors (Lipinski definition) is 5. The summed E-state index contributed by atoms with van der Waals surface area (Å²) in [5, 5.41) is 18.8. The average molecular weight is 329 g/mol. The highest BCUT2D eigenvalue weighted by Gasteiger charge is 2.51. The third-order valence-corrected chi connectivity index (χ3v) is 4.42. The smallest absolute Gasteiger partial charge is 0.306 e. The highest BCUT2D eigenvalue weighted by atomic mass is 16.5. The summed E-state index contributed by atoms with van der Waals surface area (Å²) in [4.78, 5) is 24.5. The topological polar surface area (TPSA) is 87.1 Å². The van der Waals surface area contributed by atoms with E-state index < -0.39 is 17.5 Å². The lowest BCUT2D eigenvalue weighted by atomic mass is 9.74. The molecule has 1 rings (SSSR count). The van der Waals surface area contributed by atoms with Crippen LogP contribution < -0.4 is 0 Å². The van der Waals surface area contributed by atoms with E-state index in [4.69, 9.17) is 9.84 Å². The molecule has 2 N–H and O–H groups in total. The fourth-order valence-electron chi connectivity index (χ4n) is 4.47. The van der Waals surface area contributed by atoms with Crippen LogP contribution in [0.15, 0.2) is 0 Å². The number of carbonyl (C=O) groups is 2. The molecule has 1 heterocycles. The first-order valence-electron chi connectivity index (χ1n) is 8.14. The first-order chi connectivity index (χ1) is 10.3. The number of hydrogen-bond donors (Lipinski definition) is 2. The highest BCUT2D eigenvalue weighted by molar-refractivity contribution is 5.76. The van der Waals surface area contributed by atoms with Crippen molar-refractivity contribution in [1.29, 1.82) is 0 Å². The molecular weight excluding hydrogens is 298 g/mol. The molecule has 6 nitrogen and oxygen atoms in total. The van der Waals surface area contributed by atoms with Gasteiger partial charge >= 0.3 is 11.9 Å². The zero-order valence-corrected chi connectivity index (χ0v) is 15.2. The number of aliphatic hydroxyl groups is 1. The molecule has 134 valence electrons. The van der Waals surface area contributed by atoms with E-state index in [-0.39, 0.29) is 36.6 Å². The summed E-state index contributed by atoms with van der Waals surface area (Å²) in [7, 11) is 0. The molecule has 1 aliphatic rings. The van der Waals surface area contributed by atoms with Crippen molar-refractivity contribution in [3.63, 3.8) is 0 Å². The summed E-state index contributed by atoms with van der Waals surface area (Å²) < 4.78 is 5.32. The molecule has 1 aliphatic heterocycles. The van der Waals surface area contributed by atoms with Crippen LogP contribution in [0.2, 0.25) is 0 Å². The van der Waals surface area contributed by atoms with E-state index in [0.717, 1.165) is 0 Å². The second-order valence-corrected chi connectivity index (χ2v) is 8.39. The van der Waals surface area contributed by atoms with Gasteiger partial charge in [0.05, 0.1) is 24.5 Å². The number of likely N-dealkylation sites (tertiary alicyclic amines) is 1. The Labute approximate surface area is 138 Å². The number of ether oxygens (including phenoxy) is 1. The van der Waals surface area contributed by atoms with Crippen molar-refractivity contribution >= 4 is 11.9 Å². The largest absolute Gasteiger partial charge is 0.481 e. The minimum absolute atomic E-state index is 0.114. The molecule has 6 heteroatoms. The fraction of sp³-hybridized carbons (Fsp3) is 0.882. The molecule has 0 spiro atoms. The van der Waals surface area contributed by atoms with Gasteiger partial charge in [-0.2, -0.15) is 0 Å². The molecule has 1 saturated heterocycles. The van der Waals surface area contributed by atoms with Crippen molar-refractivity contribution in [2.24, 2.45) is 0 Å². The summed E-state index contributed by atoms with van der Waals surface area (Å²) in [5.74, 6) is -1.50. The summed E-state index contributed by atoms with van der Waals surface area (Å²) in [6, 6.07) is 0. The molecule has 0 aliphatic carbocycles. The lowest BCUT2D eigenvalue weighted by Gasteiger charge is -2.60. The fourth-order valence-corrected chi connectivity index (χ4v) is 4.47. The van der Waals surface area contributed by atoms with Crippen LogP contribution in [0.3, 0.4) is 0 Å². The van der Waals surface area contributed by atoms with Crippen LogP contribution in [-0.2, 0) is 14.3 Å². The minimum Gasteiger partial charge on any atom is -0.481 e. The molecule has 1 fully saturated rings. The van der Waals surface area contributed by atoms with Crippen molar-refractivity contribution < 1.29 is 24.5 Å². The second-order valence-electron chi connectivity index (χ2n) is 8.39. The maximum atomic E-state index is 11.7. The Balaban J connectivity index is 2.80. The van der Waals surface area contributed by atoms with Gasteiger partial charge in [-0.1, -0.05) is 0 Å². The first-order valence-corrected chi connectivity index (χ1v) is 8.14. The van der Waals surface area contributed by atoms with Crippen LogP contribution in [0.1, 0.15) is 67.2 Å². The normalized spacial score (nSPS) is 21.9. The third-order valence-electron chi connectivity index (χ3n) is 4.42. The van der Waals surface area contributed by atoms with Gasteiger partial charge in [0.1, 0.15) is 6.61 Å². The van der Waals surface area contributed by atoms with Crippen molar-refractivity contribution in [3.8, 4) is 0 Å². The summed E-state index contributed by atoms with van der Waals surface area (Å²) in [5.41, 5.74) is -0.900. The second kappa shape index (κ2) is 6.77. The highest BCUT2D eigenvalue weighted by Crippen LogP contribution is 2.43. The number of nitrogens with zero attached hydrogens (tertiary/aromatic N) is 1. The number of carbonyl (C=O) groups excluding carboxylic acids is 1. The molecule has 23 heavy (non-hydrogen) atoms. The number of aliphatic carboxylic acids is 1. The Kier molecular flexibility index (Phi) is 5.86. The predicted octanol–water partition coefficient (Wildman–Crippen LogP) is 2.19. The summed E-state index contributed by atoms with van der Waals surface area (Å²) >= 11 is 0. The Hall–Kier alpha value is -1.14. The Morgan fingerprint density at radius 1 is 1.13 bits per heavy atom. The SMILES string of the molecule is CC(C)(COC(=O)CCC(=O)O)N1C(C)(C)CC(O)CC1(C)C. The van der Waals surface area contributed by atoms with Crippen LogP contribution in [0.5, 0.6) is 0 Å². The van der Waals surface area contributed by atoms with Crippen LogP contribution >= 0.6 is 0 Å². The van der Waals surface area contributed by atoms with Crippen molar-refractivity contribution in [2.45, 2.75) is 89.9 Å².